The maximum atomic E-state index is 13.6. The van der Waals surface area contributed by atoms with E-state index in [0.717, 1.165) is 0 Å². The van der Waals surface area contributed by atoms with E-state index in [4.69, 9.17) is 18.5 Å². The van der Waals surface area contributed by atoms with Gasteiger partial charge in [0.2, 0.25) is 0 Å². The lowest BCUT2D eigenvalue weighted by atomic mass is 10.3. The third-order valence-corrected chi connectivity index (χ3v) is 6.97. The second kappa shape index (κ2) is 11.7. The summed E-state index contributed by atoms with van der Waals surface area (Å²) in [5.74, 6) is -0.0592. The van der Waals surface area contributed by atoms with Crippen molar-refractivity contribution in [2.45, 2.75) is 25.3 Å². The number of thioether (sulfide) groups is 1. The average molecular weight is 511 g/mol. The molecule has 1 aromatic carbocycles. The third-order valence-electron chi connectivity index (χ3n) is 4.74. The van der Waals surface area contributed by atoms with Gasteiger partial charge in [-0.1, -0.05) is 24.3 Å². The van der Waals surface area contributed by atoms with Crippen LogP contribution in [0.3, 0.4) is 0 Å². The number of carbonyl (C=O) groups is 1. The second-order valence-electron chi connectivity index (χ2n) is 7.29. The molecule has 0 amide bonds. The van der Waals surface area contributed by atoms with Crippen molar-refractivity contribution in [3.63, 3.8) is 0 Å². The molecule has 4 atom stereocenters. The zero-order valence-electron chi connectivity index (χ0n) is 18.8. The van der Waals surface area contributed by atoms with Crippen LogP contribution in [0.4, 0.5) is 0 Å². The summed E-state index contributed by atoms with van der Waals surface area (Å²) in [5.41, 5.74) is -0.743. The number of aryl methyl sites for hydroxylation is 1. The highest BCUT2D eigenvalue weighted by Crippen LogP contribution is 2.45. The number of hydrogen-bond donors (Lipinski definition) is 2. The summed E-state index contributed by atoms with van der Waals surface area (Å²) in [7, 11) is -2.82. The molecule has 3 rings (SSSR count). The standard InChI is InChI=1S/C21H26N3O8PS/c1-14-11-24(21(27)22-19(14)25)18-10-9-16(31-18)12-30-33(28,32-15-7-5-4-6-8-15)23-17(13-34-3)20(26)29-2/h4-11,16-18H,12-13H2,1-3H3,(H,23,28)(H,22,25,27)/t16-,17-,18+,33?/m0/s1. The number of aromatic nitrogens is 2. The molecule has 2 aromatic rings. The van der Waals surface area contributed by atoms with E-state index in [1.807, 2.05) is 0 Å². The average Bonchev–Trinajstić information content (AvgIpc) is 3.29. The van der Waals surface area contributed by atoms with E-state index in [2.05, 4.69) is 10.1 Å². The van der Waals surface area contributed by atoms with Crippen molar-refractivity contribution in [1.29, 1.82) is 0 Å². The topological polar surface area (TPSA) is 138 Å². The van der Waals surface area contributed by atoms with Crippen LogP contribution >= 0.6 is 19.5 Å². The van der Waals surface area contributed by atoms with Crippen molar-refractivity contribution < 1.29 is 27.9 Å². The zero-order valence-corrected chi connectivity index (χ0v) is 20.5. The van der Waals surface area contributed by atoms with Gasteiger partial charge in [0.25, 0.3) is 5.56 Å². The number of nitrogens with zero attached hydrogens (tertiary/aromatic N) is 1. The molecule has 11 nitrogen and oxygen atoms in total. The van der Waals surface area contributed by atoms with Gasteiger partial charge in [-0.2, -0.15) is 16.8 Å². The van der Waals surface area contributed by atoms with E-state index in [1.165, 1.54) is 29.6 Å². The molecule has 0 bridgehead atoms. The quantitative estimate of drug-likeness (QED) is 0.262. The fraction of sp³-hybridized carbons (Fsp3) is 0.381. The van der Waals surface area contributed by atoms with E-state index in [0.29, 0.717) is 5.56 Å². The minimum atomic E-state index is -4.06. The highest BCUT2D eigenvalue weighted by atomic mass is 32.2. The Morgan fingerprint density at radius 2 is 2.03 bits per heavy atom. The Hall–Kier alpha value is -2.63. The van der Waals surface area contributed by atoms with Gasteiger partial charge < -0.3 is 14.0 Å². The first kappa shape index (κ1) is 26.0. The van der Waals surface area contributed by atoms with Gasteiger partial charge in [-0.05, 0) is 31.4 Å². The minimum Gasteiger partial charge on any atom is -0.468 e. The van der Waals surface area contributed by atoms with Crippen LogP contribution in [0.25, 0.3) is 0 Å². The van der Waals surface area contributed by atoms with Crippen LogP contribution in [0.15, 0.2) is 58.3 Å². The van der Waals surface area contributed by atoms with E-state index in [1.54, 1.807) is 55.7 Å². The normalized spacial score (nSPS) is 20.0. The number of carbonyl (C=O) groups excluding carboxylic acids is 1. The predicted octanol–water partition coefficient (Wildman–Crippen LogP) is 2.00. The monoisotopic (exact) mass is 511 g/mol. The molecule has 13 heteroatoms. The van der Waals surface area contributed by atoms with E-state index >= 15 is 0 Å². The molecule has 1 aliphatic rings. The van der Waals surface area contributed by atoms with Crippen molar-refractivity contribution in [1.82, 2.24) is 14.6 Å². The highest BCUT2D eigenvalue weighted by Gasteiger charge is 2.35. The van der Waals surface area contributed by atoms with Crippen LogP contribution in [-0.2, 0) is 23.4 Å². The lowest BCUT2D eigenvalue weighted by Gasteiger charge is -2.25. The van der Waals surface area contributed by atoms with Gasteiger partial charge in [-0.15, -0.1) is 0 Å². The van der Waals surface area contributed by atoms with Crippen LogP contribution in [0.5, 0.6) is 5.75 Å². The van der Waals surface area contributed by atoms with Gasteiger partial charge in [0.05, 0.1) is 13.7 Å². The van der Waals surface area contributed by atoms with Crippen LogP contribution in [0.1, 0.15) is 11.8 Å². The summed E-state index contributed by atoms with van der Waals surface area (Å²) in [4.78, 5) is 38.1. The molecule has 0 aliphatic carbocycles. The molecule has 0 radical (unpaired) electrons. The minimum absolute atomic E-state index is 0.200. The largest absolute Gasteiger partial charge is 0.468 e. The van der Waals surface area contributed by atoms with E-state index < -0.39 is 43.3 Å². The van der Waals surface area contributed by atoms with Crippen LogP contribution in [-0.4, -0.2) is 53.4 Å². The molecule has 2 N–H and O–H groups in total. The first-order chi connectivity index (χ1) is 16.2. The Balaban J connectivity index is 1.73. The first-order valence-electron chi connectivity index (χ1n) is 10.2. The number of esters is 1. The molecule has 1 aliphatic heterocycles. The number of benzene rings is 1. The van der Waals surface area contributed by atoms with Gasteiger partial charge >= 0.3 is 19.4 Å². The highest BCUT2D eigenvalue weighted by molar-refractivity contribution is 7.98. The summed E-state index contributed by atoms with van der Waals surface area (Å²) in [6.45, 7) is 1.37. The fourth-order valence-corrected chi connectivity index (χ4v) is 5.23. The molecule has 0 saturated heterocycles. The van der Waals surface area contributed by atoms with Gasteiger partial charge in [0.15, 0.2) is 6.23 Å². The van der Waals surface area contributed by atoms with Gasteiger partial charge in [-0.3, -0.25) is 23.7 Å². The summed E-state index contributed by atoms with van der Waals surface area (Å²) in [6, 6.07) is 7.45. The molecule has 0 fully saturated rings. The lowest BCUT2D eigenvalue weighted by molar-refractivity contribution is -0.142. The number of H-pyrrole nitrogens is 1. The Kier molecular flexibility index (Phi) is 8.92. The number of methoxy groups -OCH3 is 1. The number of nitrogens with one attached hydrogen (secondary N) is 2. The van der Waals surface area contributed by atoms with Crippen LogP contribution < -0.4 is 20.9 Å². The Morgan fingerprint density at radius 1 is 1.29 bits per heavy atom. The van der Waals surface area contributed by atoms with Crippen LogP contribution in [0.2, 0.25) is 0 Å². The van der Waals surface area contributed by atoms with Gasteiger partial charge in [0.1, 0.15) is 17.9 Å². The molecule has 0 saturated carbocycles. The number of para-hydroxylation sites is 1. The molecule has 184 valence electrons. The molecule has 34 heavy (non-hydrogen) atoms. The van der Waals surface area contributed by atoms with E-state index in [9.17, 15) is 18.9 Å². The van der Waals surface area contributed by atoms with Crippen LogP contribution in [0, 0.1) is 6.92 Å². The SMILES string of the molecule is COC(=O)[C@H](CSC)NP(=O)(OC[C@@H]1C=C[C@H](n2cc(C)c(=O)[nH]c2=O)O1)Oc1ccccc1. The Bertz CT molecular complexity index is 1180. The van der Waals surface area contributed by atoms with Crippen molar-refractivity contribution in [3.8, 4) is 5.75 Å². The smallest absolute Gasteiger partial charge is 0.459 e. The predicted molar refractivity (Wildman–Crippen MR) is 127 cm³/mol. The van der Waals surface area contributed by atoms with Crippen molar-refractivity contribution in [3.05, 3.63) is 75.1 Å². The molecular weight excluding hydrogens is 485 g/mol. The Morgan fingerprint density at radius 3 is 2.71 bits per heavy atom. The van der Waals surface area contributed by atoms with Gasteiger partial charge in [-0.25, -0.2) is 9.36 Å². The Labute approximate surface area is 200 Å². The number of ether oxygens (including phenoxy) is 2. The van der Waals surface area contributed by atoms with E-state index in [-0.39, 0.29) is 18.1 Å². The van der Waals surface area contributed by atoms with Crippen molar-refractivity contribution >= 4 is 25.5 Å². The number of aromatic amines is 1. The second-order valence-corrected chi connectivity index (χ2v) is 9.89. The summed E-state index contributed by atoms with van der Waals surface area (Å²) >= 11 is 1.36. The summed E-state index contributed by atoms with van der Waals surface area (Å²) in [6.07, 6.45) is 5.00. The first-order valence-corrected chi connectivity index (χ1v) is 13.2. The van der Waals surface area contributed by atoms with Gasteiger partial charge in [0, 0.05) is 17.5 Å². The molecule has 0 spiro atoms. The summed E-state index contributed by atoms with van der Waals surface area (Å²) < 4.78 is 36.7. The molecular formula is C21H26N3O8PS. The lowest BCUT2D eigenvalue weighted by Crippen LogP contribution is -2.39. The number of rotatable bonds is 11. The third kappa shape index (κ3) is 6.71. The van der Waals surface area contributed by atoms with Crippen molar-refractivity contribution in [2.24, 2.45) is 0 Å². The maximum absolute atomic E-state index is 13.6. The maximum Gasteiger partial charge on any atom is 0.459 e. The zero-order chi connectivity index (χ0) is 24.7. The molecule has 1 aromatic heterocycles. The van der Waals surface area contributed by atoms with Crippen molar-refractivity contribution in [2.75, 3.05) is 25.7 Å². The summed E-state index contributed by atoms with van der Waals surface area (Å²) in [5, 5.41) is 2.66. The molecule has 1 unspecified atom stereocenters. The fourth-order valence-electron chi connectivity index (χ4n) is 3.06. The molecule has 2 heterocycles. The number of hydrogen-bond acceptors (Lipinski definition) is 9.